The van der Waals surface area contributed by atoms with Crippen LogP contribution in [0, 0.1) is 0 Å². The van der Waals surface area contributed by atoms with Gasteiger partial charge in [-0.15, -0.1) is 0 Å². The second-order valence-electron chi connectivity index (χ2n) is 5.09. The Hall–Kier alpha value is -0.340. The first-order valence-corrected chi connectivity index (χ1v) is 7.28. The maximum atomic E-state index is 9.81. The lowest BCUT2D eigenvalue weighted by Gasteiger charge is -2.07. The summed E-state index contributed by atoms with van der Waals surface area (Å²) in [5.74, 6) is 0. The van der Waals surface area contributed by atoms with Gasteiger partial charge >= 0.3 is 0 Å². The van der Waals surface area contributed by atoms with Crippen LogP contribution in [0.5, 0.6) is 0 Å². The SMILES string of the molecule is CCCC/C=C/[C@H]1O[C@H]1C[C@@H](O)CCCCC. The first-order chi connectivity index (χ1) is 8.27. The number of unbranched alkanes of at least 4 members (excludes halogenated alkanes) is 4. The molecule has 0 saturated carbocycles. The predicted octanol–water partition coefficient (Wildman–Crippen LogP) is 3.83. The molecule has 0 bridgehead atoms. The van der Waals surface area contributed by atoms with E-state index in [4.69, 9.17) is 4.74 Å². The molecule has 0 radical (unpaired) electrons. The standard InChI is InChI=1S/C15H28O2/c1-3-5-7-9-11-14-15(17-14)12-13(16)10-8-6-4-2/h9,11,13-16H,3-8,10,12H2,1-2H3/b11-9+/t13-,14+,15-/m0/s1. The first-order valence-electron chi connectivity index (χ1n) is 7.28. The topological polar surface area (TPSA) is 32.8 Å². The Morgan fingerprint density at radius 2 is 1.94 bits per heavy atom. The van der Waals surface area contributed by atoms with Gasteiger partial charge in [0, 0.05) is 6.42 Å². The number of allylic oxidation sites excluding steroid dienone is 1. The molecule has 1 aliphatic heterocycles. The molecule has 17 heavy (non-hydrogen) atoms. The second kappa shape index (κ2) is 8.71. The molecule has 1 rings (SSSR count). The van der Waals surface area contributed by atoms with Crippen molar-refractivity contribution in [3.63, 3.8) is 0 Å². The van der Waals surface area contributed by atoms with Crippen LogP contribution in [0.4, 0.5) is 0 Å². The van der Waals surface area contributed by atoms with Gasteiger partial charge in [0.2, 0.25) is 0 Å². The number of ether oxygens (including phenoxy) is 1. The van der Waals surface area contributed by atoms with Crippen LogP contribution in [0.15, 0.2) is 12.2 Å². The molecule has 100 valence electrons. The third-order valence-corrected chi connectivity index (χ3v) is 3.32. The number of rotatable bonds is 10. The molecule has 0 aromatic rings. The van der Waals surface area contributed by atoms with E-state index in [1.165, 1.54) is 25.7 Å². The van der Waals surface area contributed by atoms with Crippen LogP contribution in [-0.2, 0) is 4.74 Å². The van der Waals surface area contributed by atoms with Crippen molar-refractivity contribution in [2.24, 2.45) is 0 Å². The molecule has 0 unspecified atom stereocenters. The summed E-state index contributed by atoms with van der Waals surface area (Å²) < 4.78 is 5.53. The fraction of sp³-hybridized carbons (Fsp3) is 0.867. The Morgan fingerprint density at radius 3 is 2.65 bits per heavy atom. The maximum absolute atomic E-state index is 9.81. The van der Waals surface area contributed by atoms with Gasteiger partial charge in [-0.2, -0.15) is 0 Å². The van der Waals surface area contributed by atoms with Crippen molar-refractivity contribution in [3.8, 4) is 0 Å². The van der Waals surface area contributed by atoms with Crippen LogP contribution in [0.3, 0.4) is 0 Å². The van der Waals surface area contributed by atoms with Gasteiger partial charge in [-0.05, 0) is 12.8 Å². The van der Waals surface area contributed by atoms with Crippen molar-refractivity contribution >= 4 is 0 Å². The molecular formula is C15H28O2. The fourth-order valence-corrected chi connectivity index (χ4v) is 2.08. The van der Waals surface area contributed by atoms with Crippen LogP contribution >= 0.6 is 0 Å². The van der Waals surface area contributed by atoms with E-state index >= 15 is 0 Å². The highest BCUT2D eigenvalue weighted by atomic mass is 16.6. The fourth-order valence-electron chi connectivity index (χ4n) is 2.08. The van der Waals surface area contributed by atoms with E-state index in [2.05, 4.69) is 26.0 Å². The van der Waals surface area contributed by atoms with Gasteiger partial charge in [-0.3, -0.25) is 0 Å². The number of hydrogen-bond donors (Lipinski definition) is 1. The van der Waals surface area contributed by atoms with E-state index in [0.717, 1.165) is 25.7 Å². The van der Waals surface area contributed by atoms with E-state index in [1.54, 1.807) is 0 Å². The Labute approximate surface area is 106 Å². The summed E-state index contributed by atoms with van der Waals surface area (Å²) in [4.78, 5) is 0. The molecular weight excluding hydrogens is 212 g/mol. The molecule has 1 aliphatic rings. The van der Waals surface area contributed by atoms with E-state index in [1.807, 2.05) is 0 Å². The monoisotopic (exact) mass is 240 g/mol. The Kier molecular flexibility index (Phi) is 7.54. The van der Waals surface area contributed by atoms with Crippen LogP contribution in [0.25, 0.3) is 0 Å². The Balaban J connectivity index is 2.01. The van der Waals surface area contributed by atoms with Gasteiger partial charge in [0.25, 0.3) is 0 Å². The molecule has 2 heteroatoms. The quantitative estimate of drug-likeness (QED) is 0.357. The number of aliphatic hydroxyl groups is 1. The molecule has 1 heterocycles. The zero-order chi connectivity index (χ0) is 12.5. The second-order valence-corrected chi connectivity index (χ2v) is 5.09. The minimum atomic E-state index is -0.166. The van der Waals surface area contributed by atoms with Crippen molar-refractivity contribution in [2.75, 3.05) is 0 Å². The summed E-state index contributed by atoms with van der Waals surface area (Å²) in [6.07, 6.45) is 13.8. The highest BCUT2D eigenvalue weighted by molar-refractivity contribution is 5.03. The van der Waals surface area contributed by atoms with Gasteiger partial charge in [0.1, 0.15) is 6.10 Å². The van der Waals surface area contributed by atoms with E-state index < -0.39 is 0 Å². The van der Waals surface area contributed by atoms with E-state index in [0.29, 0.717) is 0 Å². The van der Waals surface area contributed by atoms with Crippen molar-refractivity contribution < 1.29 is 9.84 Å². The summed E-state index contributed by atoms with van der Waals surface area (Å²) in [5, 5.41) is 9.81. The van der Waals surface area contributed by atoms with E-state index in [9.17, 15) is 5.11 Å². The zero-order valence-electron chi connectivity index (χ0n) is 11.4. The summed E-state index contributed by atoms with van der Waals surface area (Å²) in [6, 6.07) is 0. The third kappa shape index (κ3) is 6.85. The van der Waals surface area contributed by atoms with Gasteiger partial charge in [-0.25, -0.2) is 0 Å². The minimum absolute atomic E-state index is 0.166. The first kappa shape index (κ1) is 14.7. The Morgan fingerprint density at radius 1 is 1.18 bits per heavy atom. The van der Waals surface area contributed by atoms with Crippen LogP contribution in [-0.4, -0.2) is 23.4 Å². The number of epoxide rings is 1. The summed E-state index contributed by atoms with van der Waals surface area (Å²) in [5.41, 5.74) is 0. The molecule has 1 saturated heterocycles. The predicted molar refractivity (Wildman–Crippen MR) is 72.1 cm³/mol. The lowest BCUT2D eigenvalue weighted by atomic mass is 10.0. The van der Waals surface area contributed by atoms with Gasteiger partial charge in [0.05, 0.1) is 12.2 Å². The molecule has 0 spiro atoms. The largest absolute Gasteiger partial charge is 0.393 e. The highest BCUT2D eigenvalue weighted by Crippen LogP contribution is 2.29. The lowest BCUT2D eigenvalue weighted by molar-refractivity contribution is 0.139. The van der Waals surface area contributed by atoms with Gasteiger partial charge in [0.15, 0.2) is 0 Å². The minimum Gasteiger partial charge on any atom is -0.393 e. The molecule has 1 N–H and O–H groups in total. The average molecular weight is 240 g/mol. The van der Waals surface area contributed by atoms with Crippen molar-refractivity contribution in [2.45, 2.75) is 83.5 Å². The molecule has 0 aliphatic carbocycles. The van der Waals surface area contributed by atoms with Crippen LogP contribution in [0.1, 0.15) is 65.2 Å². The lowest BCUT2D eigenvalue weighted by Crippen LogP contribution is -2.10. The van der Waals surface area contributed by atoms with Gasteiger partial charge < -0.3 is 9.84 Å². The summed E-state index contributed by atoms with van der Waals surface area (Å²) >= 11 is 0. The molecule has 0 amide bonds. The van der Waals surface area contributed by atoms with Crippen LogP contribution in [0.2, 0.25) is 0 Å². The molecule has 3 atom stereocenters. The molecule has 2 nitrogen and oxygen atoms in total. The maximum Gasteiger partial charge on any atom is 0.102 e. The third-order valence-electron chi connectivity index (χ3n) is 3.32. The Bertz CT molecular complexity index is 213. The van der Waals surface area contributed by atoms with Crippen molar-refractivity contribution in [1.29, 1.82) is 0 Å². The van der Waals surface area contributed by atoms with Gasteiger partial charge in [-0.1, -0.05) is 58.1 Å². The van der Waals surface area contributed by atoms with Crippen LogP contribution < -0.4 is 0 Å². The number of hydrogen-bond acceptors (Lipinski definition) is 2. The molecule has 0 aromatic carbocycles. The summed E-state index contributed by atoms with van der Waals surface area (Å²) in [6.45, 7) is 4.39. The molecule has 0 aromatic heterocycles. The van der Waals surface area contributed by atoms with Crippen molar-refractivity contribution in [1.82, 2.24) is 0 Å². The average Bonchev–Trinajstić information content (AvgIpc) is 3.03. The normalized spacial score (nSPS) is 25.4. The smallest absolute Gasteiger partial charge is 0.102 e. The highest BCUT2D eigenvalue weighted by Gasteiger charge is 2.37. The zero-order valence-corrected chi connectivity index (χ0v) is 11.4. The van der Waals surface area contributed by atoms with E-state index in [-0.39, 0.29) is 18.3 Å². The van der Waals surface area contributed by atoms with Crippen molar-refractivity contribution in [3.05, 3.63) is 12.2 Å². The number of aliphatic hydroxyl groups excluding tert-OH is 1. The molecule has 1 fully saturated rings. The summed E-state index contributed by atoms with van der Waals surface area (Å²) in [7, 11) is 0.